The Morgan fingerprint density at radius 2 is 1.77 bits per heavy atom. The number of sulfonamides is 1. The summed E-state index contributed by atoms with van der Waals surface area (Å²) in [7, 11) is 1.07. The van der Waals surface area contributed by atoms with Gasteiger partial charge in [0.05, 0.1) is 38.2 Å². The van der Waals surface area contributed by atoms with Crippen LogP contribution in [0, 0.1) is 17.6 Å². The highest BCUT2D eigenvalue weighted by Gasteiger charge is 2.43. The minimum absolute atomic E-state index is 0.00453. The van der Waals surface area contributed by atoms with E-state index in [2.05, 4.69) is 9.88 Å². The fourth-order valence-electron chi connectivity index (χ4n) is 6.23. The zero-order valence-corrected chi connectivity index (χ0v) is 28.2. The zero-order valence-electron chi connectivity index (χ0n) is 26.6. The second-order valence-electron chi connectivity index (χ2n) is 11.6. The molecule has 1 atom stereocenters. The van der Waals surface area contributed by atoms with Gasteiger partial charge in [0.2, 0.25) is 5.95 Å². The third-order valence-electron chi connectivity index (χ3n) is 8.88. The van der Waals surface area contributed by atoms with Crippen molar-refractivity contribution in [1.29, 1.82) is 0 Å². The fourth-order valence-corrected chi connectivity index (χ4v) is 8.06. The highest BCUT2D eigenvalue weighted by molar-refractivity contribution is 7.92. The fraction of sp³-hybridized carbons (Fsp3) is 0.469. The molecule has 47 heavy (non-hydrogen) atoms. The molecule has 0 aliphatic carbocycles. The molecule has 10 nitrogen and oxygen atoms in total. The maximum Gasteiger partial charge on any atom is 0.271 e. The Morgan fingerprint density at radius 1 is 1.02 bits per heavy atom. The molecule has 0 spiro atoms. The van der Waals surface area contributed by atoms with Crippen LogP contribution in [-0.4, -0.2) is 91.2 Å². The summed E-state index contributed by atoms with van der Waals surface area (Å²) in [5.74, 6) is -3.56. The Morgan fingerprint density at radius 3 is 2.40 bits per heavy atom. The molecule has 2 fully saturated rings. The predicted octanol–water partition coefficient (Wildman–Crippen LogP) is 5.27. The average Bonchev–Trinajstić information content (AvgIpc) is 3.49. The van der Waals surface area contributed by atoms with Crippen LogP contribution >= 0.6 is 11.6 Å². The van der Waals surface area contributed by atoms with Crippen molar-refractivity contribution in [2.45, 2.75) is 42.4 Å². The molecule has 1 aromatic heterocycles. The lowest BCUT2D eigenvalue weighted by Gasteiger charge is -2.38. The van der Waals surface area contributed by atoms with E-state index < -0.39 is 55.5 Å². The van der Waals surface area contributed by atoms with Crippen LogP contribution in [0.4, 0.5) is 24.7 Å². The van der Waals surface area contributed by atoms with E-state index >= 15 is 8.78 Å². The monoisotopic (exact) mass is 698 g/mol. The van der Waals surface area contributed by atoms with Crippen LogP contribution in [0.3, 0.4) is 0 Å². The Labute approximate surface area is 278 Å². The minimum Gasteiger partial charge on any atom is -0.497 e. The summed E-state index contributed by atoms with van der Waals surface area (Å²) < 4.78 is 97.3. The van der Waals surface area contributed by atoms with Crippen molar-refractivity contribution < 1.29 is 40.5 Å². The molecule has 3 aromatic rings. The van der Waals surface area contributed by atoms with Crippen LogP contribution in [0.15, 0.2) is 47.4 Å². The first kappa shape index (κ1) is 35.0. The summed E-state index contributed by atoms with van der Waals surface area (Å²) in [6.45, 7) is 2.43. The van der Waals surface area contributed by atoms with E-state index in [9.17, 15) is 12.8 Å². The van der Waals surface area contributed by atoms with Gasteiger partial charge in [0.15, 0.2) is 10.7 Å². The number of anilines is 2. The summed E-state index contributed by atoms with van der Waals surface area (Å²) in [4.78, 5) is 6.39. The van der Waals surface area contributed by atoms with Gasteiger partial charge in [0, 0.05) is 64.6 Å². The molecule has 0 saturated carbocycles. The molecule has 0 N–H and O–H groups in total. The molecule has 5 rings (SSSR count). The van der Waals surface area contributed by atoms with E-state index in [1.165, 1.54) is 38.5 Å². The Bertz CT molecular complexity index is 1700. The number of pyridine rings is 1. The van der Waals surface area contributed by atoms with Crippen LogP contribution in [0.1, 0.15) is 24.8 Å². The number of piperidine rings is 1. The highest BCUT2D eigenvalue weighted by atomic mass is 35.5. The van der Waals surface area contributed by atoms with E-state index in [0.29, 0.717) is 35.1 Å². The Kier molecular flexibility index (Phi) is 10.8. The van der Waals surface area contributed by atoms with Crippen molar-refractivity contribution in [2.24, 2.45) is 0 Å². The predicted molar refractivity (Wildman–Crippen MR) is 172 cm³/mol. The van der Waals surface area contributed by atoms with Gasteiger partial charge in [-0.2, -0.15) is 4.39 Å². The molecule has 0 bridgehead atoms. The van der Waals surface area contributed by atoms with E-state index in [0.717, 1.165) is 38.1 Å². The van der Waals surface area contributed by atoms with Crippen molar-refractivity contribution in [3.63, 3.8) is 0 Å². The lowest BCUT2D eigenvalue weighted by atomic mass is 9.99. The molecule has 1 unspecified atom stereocenters. The van der Waals surface area contributed by atoms with Crippen LogP contribution in [0.5, 0.6) is 11.5 Å². The molecule has 2 aliphatic rings. The largest absolute Gasteiger partial charge is 0.497 e. The molecular formula is C32H38ClF3N4O6S. The molecular weight excluding hydrogens is 661 g/mol. The molecule has 0 amide bonds. The number of ether oxygens (including phenoxy) is 4. The third-order valence-corrected chi connectivity index (χ3v) is 11.0. The van der Waals surface area contributed by atoms with Gasteiger partial charge < -0.3 is 28.7 Å². The molecule has 0 radical (unpaired) electrons. The maximum absolute atomic E-state index is 16.1. The van der Waals surface area contributed by atoms with Gasteiger partial charge in [-0.25, -0.2) is 26.5 Å². The Hall–Kier alpha value is -3.30. The summed E-state index contributed by atoms with van der Waals surface area (Å²) >= 11 is 6.49. The topological polar surface area (TPSA) is 93.7 Å². The maximum atomic E-state index is 16.1. The first-order chi connectivity index (χ1) is 22.4. The van der Waals surface area contributed by atoms with Gasteiger partial charge in [0.1, 0.15) is 28.2 Å². The Balaban J connectivity index is 1.47. The molecule has 2 aromatic carbocycles. The SMILES string of the molecule is COc1ccc(CN(c2cccc(F)n2)S(=O)(=O)c2c(F)cc(N3CCC(CN4CCC(OC)CC4)(OC)C3)c(Cl)c2F)c(OC)c1. The van der Waals surface area contributed by atoms with Gasteiger partial charge in [-0.1, -0.05) is 17.7 Å². The lowest BCUT2D eigenvalue weighted by Crippen LogP contribution is -2.49. The average molecular weight is 699 g/mol. The van der Waals surface area contributed by atoms with Crippen LogP contribution in [0.2, 0.25) is 5.02 Å². The van der Waals surface area contributed by atoms with Crippen molar-refractivity contribution in [3.8, 4) is 11.5 Å². The zero-order chi connectivity index (χ0) is 33.9. The smallest absolute Gasteiger partial charge is 0.271 e. The minimum atomic E-state index is -5.06. The van der Waals surface area contributed by atoms with Crippen molar-refractivity contribution in [2.75, 3.05) is 70.4 Å². The normalized spacial score (nSPS) is 19.3. The second kappa shape index (κ2) is 14.4. The van der Waals surface area contributed by atoms with E-state index in [1.54, 1.807) is 25.2 Å². The summed E-state index contributed by atoms with van der Waals surface area (Å²) in [6.07, 6.45) is 2.57. The quantitative estimate of drug-likeness (QED) is 0.185. The second-order valence-corrected chi connectivity index (χ2v) is 13.8. The van der Waals surface area contributed by atoms with Crippen LogP contribution in [-0.2, 0) is 26.0 Å². The van der Waals surface area contributed by atoms with Crippen molar-refractivity contribution in [3.05, 3.63) is 70.6 Å². The van der Waals surface area contributed by atoms with E-state index in [4.69, 9.17) is 30.5 Å². The van der Waals surface area contributed by atoms with Gasteiger partial charge in [-0.05, 0) is 43.5 Å². The molecule has 15 heteroatoms. The van der Waals surface area contributed by atoms with Gasteiger partial charge >= 0.3 is 0 Å². The third kappa shape index (κ3) is 7.26. The first-order valence-corrected chi connectivity index (χ1v) is 16.9. The molecule has 2 saturated heterocycles. The van der Waals surface area contributed by atoms with Gasteiger partial charge in [-0.3, -0.25) is 0 Å². The van der Waals surface area contributed by atoms with Crippen LogP contribution < -0.4 is 18.7 Å². The number of hydrogen-bond donors (Lipinski definition) is 0. The number of benzene rings is 2. The molecule has 3 heterocycles. The summed E-state index contributed by atoms with van der Waals surface area (Å²) in [5.41, 5.74) is -0.325. The standard InChI is InChI=1S/C32H38ClF3N4O6S/c1-43-22-10-13-38(14-11-22)19-32(46-4)12-15-39(20-32)25-17-24(34)31(30(36)29(25)33)47(41,42)40(28-7-5-6-27(35)37-28)18-21-8-9-23(44-2)16-26(21)45-3/h5-9,16-17,22H,10-15,18-20H2,1-4H3. The van der Waals surface area contributed by atoms with Crippen molar-refractivity contribution in [1.82, 2.24) is 9.88 Å². The molecule has 2 aliphatic heterocycles. The first-order valence-electron chi connectivity index (χ1n) is 15.0. The highest BCUT2D eigenvalue weighted by Crippen LogP contribution is 2.41. The summed E-state index contributed by atoms with van der Waals surface area (Å²) in [6, 6.07) is 9.00. The lowest BCUT2D eigenvalue weighted by molar-refractivity contribution is -0.0365. The number of halogens is 4. The number of aromatic nitrogens is 1. The number of likely N-dealkylation sites (tertiary alicyclic amines) is 1. The van der Waals surface area contributed by atoms with Gasteiger partial charge in [-0.15, -0.1) is 0 Å². The summed E-state index contributed by atoms with van der Waals surface area (Å²) in [5, 5.41) is -0.563. The van der Waals surface area contributed by atoms with Crippen LogP contribution in [0.25, 0.3) is 0 Å². The number of methoxy groups -OCH3 is 4. The van der Waals surface area contributed by atoms with E-state index in [-0.39, 0.29) is 24.1 Å². The van der Waals surface area contributed by atoms with Gasteiger partial charge in [0.25, 0.3) is 10.0 Å². The number of rotatable bonds is 12. The van der Waals surface area contributed by atoms with Crippen molar-refractivity contribution >= 4 is 33.1 Å². The van der Waals surface area contributed by atoms with E-state index in [1.807, 2.05) is 0 Å². The number of hydrogen-bond acceptors (Lipinski definition) is 9. The number of nitrogens with zero attached hydrogens (tertiary/aromatic N) is 4. The molecule has 256 valence electrons.